The van der Waals surface area contributed by atoms with Gasteiger partial charge in [0.05, 0.1) is 11.3 Å². The molecule has 1 aliphatic rings. The number of aliphatic carboxylic acids is 1. The van der Waals surface area contributed by atoms with Gasteiger partial charge in [0.2, 0.25) is 0 Å². The number of hydrogen-bond acceptors (Lipinski definition) is 3. The molecule has 1 N–H and O–H groups in total. The number of hydrogen-bond donors (Lipinski definition) is 1. The van der Waals surface area contributed by atoms with Crippen molar-refractivity contribution in [3.8, 4) is 0 Å². The first-order valence-corrected chi connectivity index (χ1v) is 8.07. The van der Waals surface area contributed by atoms with Crippen molar-refractivity contribution in [2.24, 2.45) is 5.92 Å². The second kappa shape index (κ2) is 5.67. The quantitative estimate of drug-likeness (QED) is 0.875. The zero-order valence-electron chi connectivity index (χ0n) is 11.8. The third-order valence-corrected chi connectivity index (χ3v) is 5.05. The summed E-state index contributed by atoms with van der Waals surface area (Å²) in [6, 6.07) is 5.21. The van der Waals surface area contributed by atoms with Gasteiger partial charge in [-0.05, 0) is 30.9 Å². The van der Waals surface area contributed by atoms with Gasteiger partial charge in [-0.2, -0.15) is 0 Å². The Labute approximate surface area is 126 Å². The fourth-order valence-corrected chi connectivity index (χ4v) is 3.90. The van der Waals surface area contributed by atoms with Gasteiger partial charge in [-0.25, -0.2) is 9.37 Å². The van der Waals surface area contributed by atoms with E-state index in [4.69, 9.17) is 5.11 Å². The van der Waals surface area contributed by atoms with Crippen LogP contribution >= 0.6 is 11.8 Å². The van der Waals surface area contributed by atoms with E-state index in [2.05, 4.69) is 11.9 Å². The Morgan fingerprint density at radius 3 is 3.00 bits per heavy atom. The number of rotatable bonds is 4. The van der Waals surface area contributed by atoms with Crippen LogP contribution in [-0.2, 0) is 4.79 Å². The van der Waals surface area contributed by atoms with Crippen molar-refractivity contribution in [3.63, 3.8) is 0 Å². The van der Waals surface area contributed by atoms with Crippen LogP contribution in [0.25, 0.3) is 11.0 Å². The maximum atomic E-state index is 14.0. The average molecular weight is 308 g/mol. The highest BCUT2D eigenvalue weighted by Gasteiger charge is 2.29. The van der Waals surface area contributed by atoms with Gasteiger partial charge in [0.1, 0.15) is 5.52 Å². The van der Waals surface area contributed by atoms with Crippen LogP contribution in [0, 0.1) is 11.7 Å². The van der Waals surface area contributed by atoms with E-state index >= 15 is 0 Å². The van der Waals surface area contributed by atoms with E-state index in [0.717, 1.165) is 36.5 Å². The average Bonchev–Trinajstić information content (AvgIpc) is 3.00. The maximum absolute atomic E-state index is 14.0. The highest BCUT2D eigenvalue weighted by Crippen LogP contribution is 2.40. The smallest absolute Gasteiger partial charge is 0.313 e. The topological polar surface area (TPSA) is 55.1 Å². The number of halogens is 1. The number of para-hydroxylation sites is 1. The predicted molar refractivity (Wildman–Crippen MR) is 80.1 cm³/mol. The van der Waals surface area contributed by atoms with Crippen molar-refractivity contribution in [1.29, 1.82) is 0 Å². The van der Waals surface area contributed by atoms with Crippen LogP contribution in [0.1, 0.15) is 32.2 Å². The van der Waals surface area contributed by atoms with Crippen LogP contribution in [0.3, 0.4) is 0 Å². The number of nitrogens with zero attached hydrogens (tertiary/aromatic N) is 2. The van der Waals surface area contributed by atoms with Gasteiger partial charge in [0.25, 0.3) is 0 Å². The molecular weight excluding hydrogens is 291 g/mol. The van der Waals surface area contributed by atoms with Gasteiger partial charge in [-0.1, -0.05) is 31.2 Å². The summed E-state index contributed by atoms with van der Waals surface area (Å²) < 4.78 is 16.0. The molecule has 0 radical (unpaired) electrons. The molecule has 3 rings (SSSR count). The van der Waals surface area contributed by atoms with Crippen molar-refractivity contribution in [3.05, 3.63) is 24.0 Å². The first-order chi connectivity index (χ1) is 10.1. The third-order valence-electron chi connectivity index (χ3n) is 4.11. The lowest BCUT2D eigenvalue weighted by Gasteiger charge is -2.20. The molecule has 2 atom stereocenters. The summed E-state index contributed by atoms with van der Waals surface area (Å²) >= 11 is 1.16. The molecule has 2 unspecified atom stereocenters. The van der Waals surface area contributed by atoms with Gasteiger partial charge in [0.15, 0.2) is 11.0 Å². The predicted octanol–water partition coefficient (Wildman–Crippen LogP) is 3.71. The second-order valence-corrected chi connectivity index (χ2v) is 6.47. The van der Waals surface area contributed by atoms with Crippen LogP contribution in [0.15, 0.2) is 23.4 Å². The number of imidazole rings is 1. The second-order valence-electron chi connectivity index (χ2n) is 5.53. The minimum atomic E-state index is -0.890. The van der Waals surface area contributed by atoms with E-state index < -0.39 is 5.97 Å². The number of carbonyl (C=O) groups is 1. The molecule has 0 aliphatic heterocycles. The maximum Gasteiger partial charge on any atom is 0.313 e. The summed E-state index contributed by atoms with van der Waals surface area (Å²) in [7, 11) is 0. The summed E-state index contributed by atoms with van der Waals surface area (Å²) in [6.07, 6.45) is 3.32. The van der Waals surface area contributed by atoms with E-state index in [9.17, 15) is 9.18 Å². The van der Waals surface area contributed by atoms with Crippen molar-refractivity contribution in [1.82, 2.24) is 9.55 Å². The Bertz CT molecular complexity index is 686. The Balaban J connectivity index is 2.11. The minimum absolute atomic E-state index is 0.0635. The highest BCUT2D eigenvalue weighted by atomic mass is 32.2. The van der Waals surface area contributed by atoms with E-state index in [1.807, 2.05) is 10.6 Å². The minimum Gasteiger partial charge on any atom is -0.481 e. The summed E-state index contributed by atoms with van der Waals surface area (Å²) in [5.41, 5.74) is 1.10. The zero-order valence-corrected chi connectivity index (χ0v) is 12.6. The SMILES string of the molecule is CC1CCCC1n1c(SCC(=O)O)nc2c(F)cccc21. The van der Waals surface area contributed by atoms with E-state index in [1.165, 1.54) is 6.07 Å². The number of carboxylic acids is 1. The fourth-order valence-electron chi connectivity index (χ4n) is 3.12. The molecule has 2 aromatic rings. The van der Waals surface area contributed by atoms with Gasteiger partial charge in [-0.3, -0.25) is 4.79 Å². The molecule has 0 spiro atoms. The number of benzene rings is 1. The Hall–Kier alpha value is -1.56. The van der Waals surface area contributed by atoms with E-state index in [0.29, 0.717) is 16.6 Å². The molecule has 1 aromatic heterocycles. The van der Waals surface area contributed by atoms with Crippen LogP contribution in [0.5, 0.6) is 0 Å². The molecule has 0 amide bonds. The number of carboxylic acid groups (broad SMARTS) is 1. The third kappa shape index (κ3) is 2.64. The molecular formula is C15H17FN2O2S. The molecule has 1 fully saturated rings. The molecule has 112 valence electrons. The highest BCUT2D eigenvalue weighted by molar-refractivity contribution is 7.99. The Morgan fingerprint density at radius 2 is 2.33 bits per heavy atom. The first kappa shape index (κ1) is 14.4. The lowest BCUT2D eigenvalue weighted by molar-refractivity contribution is -0.133. The fraction of sp³-hybridized carbons (Fsp3) is 0.467. The largest absolute Gasteiger partial charge is 0.481 e. The number of fused-ring (bicyclic) bond motifs is 1. The van der Waals surface area contributed by atoms with Crippen LogP contribution in [0.4, 0.5) is 4.39 Å². The van der Waals surface area contributed by atoms with Crippen LogP contribution < -0.4 is 0 Å². The van der Waals surface area contributed by atoms with Crippen molar-refractivity contribution < 1.29 is 14.3 Å². The lowest BCUT2D eigenvalue weighted by atomic mass is 10.1. The van der Waals surface area contributed by atoms with E-state index in [1.54, 1.807) is 6.07 Å². The summed E-state index contributed by atoms with van der Waals surface area (Å²) in [4.78, 5) is 15.2. The van der Waals surface area contributed by atoms with Gasteiger partial charge >= 0.3 is 5.97 Å². The molecule has 1 aromatic carbocycles. The van der Waals surface area contributed by atoms with Gasteiger partial charge in [-0.15, -0.1) is 0 Å². The molecule has 1 heterocycles. The monoisotopic (exact) mass is 308 g/mol. The molecule has 1 saturated carbocycles. The van der Waals surface area contributed by atoms with E-state index in [-0.39, 0.29) is 17.6 Å². The molecule has 6 heteroatoms. The summed E-state index contributed by atoms with van der Waals surface area (Å²) in [6.45, 7) is 2.19. The lowest BCUT2D eigenvalue weighted by Crippen LogP contribution is -2.13. The van der Waals surface area contributed by atoms with Crippen molar-refractivity contribution in [2.75, 3.05) is 5.75 Å². The van der Waals surface area contributed by atoms with Gasteiger partial charge in [0, 0.05) is 6.04 Å². The Kier molecular flexibility index (Phi) is 3.89. The molecule has 1 aliphatic carbocycles. The van der Waals surface area contributed by atoms with Crippen LogP contribution in [-0.4, -0.2) is 26.4 Å². The zero-order chi connectivity index (χ0) is 15.0. The summed E-state index contributed by atoms with van der Waals surface area (Å²) in [5, 5.41) is 9.49. The molecule has 0 saturated heterocycles. The number of thioether (sulfide) groups is 1. The van der Waals surface area contributed by atoms with Crippen LogP contribution in [0.2, 0.25) is 0 Å². The Morgan fingerprint density at radius 1 is 1.52 bits per heavy atom. The normalized spacial score (nSPS) is 22.0. The van der Waals surface area contributed by atoms with Crippen molar-refractivity contribution in [2.45, 2.75) is 37.4 Å². The van der Waals surface area contributed by atoms with Gasteiger partial charge < -0.3 is 9.67 Å². The molecule has 21 heavy (non-hydrogen) atoms. The summed E-state index contributed by atoms with van der Waals surface area (Å²) in [5.74, 6) is -0.811. The first-order valence-electron chi connectivity index (χ1n) is 7.09. The number of aromatic nitrogens is 2. The molecule has 4 nitrogen and oxygen atoms in total. The van der Waals surface area contributed by atoms with Crippen molar-refractivity contribution >= 4 is 28.8 Å². The molecule has 0 bridgehead atoms. The standard InChI is InChI=1S/C15H17FN2O2S/c1-9-4-2-6-11(9)18-12-7-3-5-10(16)14(12)17-15(18)21-8-13(19)20/h3,5,7,9,11H,2,4,6,8H2,1H3,(H,19,20).